The van der Waals surface area contributed by atoms with Crippen LogP contribution in [0, 0.1) is 0 Å². The van der Waals surface area contributed by atoms with Crippen molar-refractivity contribution in [1.82, 2.24) is 15.5 Å². The highest BCUT2D eigenvalue weighted by Crippen LogP contribution is 2.29. The Labute approximate surface area is 171 Å². The lowest BCUT2D eigenvalue weighted by Gasteiger charge is -2.41. The third-order valence-electron chi connectivity index (χ3n) is 4.93. The zero-order valence-corrected chi connectivity index (χ0v) is 17.6. The van der Waals surface area contributed by atoms with E-state index in [0.29, 0.717) is 18.9 Å². The Hall–Kier alpha value is -2.13. The summed E-state index contributed by atoms with van der Waals surface area (Å²) in [5, 5.41) is 6.62. The summed E-state index contributed by atoms with van der Waals surface area (Å²) in [4.78, 5) is 6.66. The molecule has 2 N–H and O–H groups in total. The number of aliphatic imine (C=N–C) groups is 1. The topological polar surface area (TPSA) is 67.4 Å². The van der Waals surface area contributed by atoms with E-state index < -0.39 is 6.61 Å². The Morgan fingerprint density at radius 1 is 1.24 bits per heavy atom. The van der Waals surface area contributed by atoms with Crippen molar-refractivity contribution in [3.63, 3.8) is 0 Å². The van der Waals surface area contributed by atoms with Crippen molar-refractivity contribution in [3.05, 3.63) is 23.8 Å². The van der Waals surface area contributed by atoms with E-state index in [1.807, 2.05) is 6.07 Å². The van der Waals surface area contributed by atoms with Gasteiger partial charge in [0.25, 0.3) is 0 Å². The second-order valence-electron chi connectivity index (χ2n) is 7.38. The molecule has 9 heteroatoms. The molecule has 1 aromatic carbocycles. The second kappa shape index (κ2) is 11.2. The number of methoxy groups -OCH3 is 1. The number of rotatable bonds is 9. The van der Waals surface area contributed by atoms with E-state index in [4.69, 9.17) is 9.47 Å². The monoisotopic (exact) mass is 414 g/mol. The van der Waals surface area contributed by atoms with Crippen LogP contribution in [0.3, 0.4) is 0 Å². The molecular formula is C20H32F2N4O3. The molecule has 29 heavy (non-hydrogen) atoms. The van der Waals surface area contributed by atoms with Crippen molar-refractivity contribution < 1.29 is 23.0 Å². The number of halogens is 2. The second-order valence-corrected chi connectivity index (χ2v) is 7.38. The summed E-state index contributed by atoms with van der Waals surface area (Å²) in [5.41, 5.74) is 0.830. The van der Waals surface area contributed by atoms with Crippen LogP contribution in [0.2, 0.25) is 0 Å². The van der Waals surface area contributed by atoms with Crippen LogP contribution in [0.4, 0.5) is 8.78 Å². The molecule has 1 aliphatic heterocycles. The summed E-state index contributed by atoms with van der Waals surface area (Å²) in [6.45, 7) is 6.18. The molecule has 1 aromatic rings. The van der Waals surface area contributed by atoms with Gasteiger partial charge in [-0.05, 0) is 38.0 Å². The van der Waals surface area contributed by atoms with E-state index in [-0.39, 0.29) is 17.0 Å². The first kappa shape index (κ1) is 23.2. The van der Waals surface area contributed by atoms with Gasteiger partial charge in [0.2, 0.25) is 0 Å². The number of nitrogens with zero attached hydrogens (tertiary/aromatic N) is 2. The molecule has 0 spiro atoms. The fourth-order valence-corrected chi connectivity index (χ4v) is 3.19. The van der Waals surface area contributed by atoms with E-state index in [9.17, 15) is 8.78 Å². The van der Waals surface area contributed by atoms with Crippen molar-refractivity contribution in [1.29, 1.82) is 0 Å². The van der Waals surface area contributed by atoms with Gasteiger partial charge in [-0.25, -0.2) is 0 Å². The van der Waals surface area contributed by atoms with Crippen LogP contribution in [0.25, 0.3) is 0 Å². The van der Waals surface area contributed by atoms with E-state index >= 15 is 0 Å². The maximum absolute atomic E-state index is 12.6. The number of morpholine rings is 1. The van der Waals surface area contributed by atoms with Crippen LogP contribution in [0.15, 0.2) is 23.2 Å². The number of hydrogen-bond donors (Lipinski definition) is 2. The molecule has 1 aliphatic rings. The minimum Gasteiger partial charge on any atom is -0.493 e. The molecule has 2 rings (SSSR count). The van der Waals surface area contributed by atoms with Crippen molar-refractivity contribution >= 4 is 5.96 Å². The van der Waals surface area contributed by atoms with Crippen molar-refractivity contribution in [2.24, 2.45) is 4.99 Å². The predicted octanol–water partition coefficient (Wildman–Crippen LogP) is 2.11. The van der Waals surface area contributed by atoms with Gasteiger partial charge >= 0.3 is 6.61 Å². The Morgan fingerprint density at radius 3 is 2.59 bits per heavy atom. The number of alkyl halides is 2. The molecule has 0 atom stereocenters. The van der Waals surface area contributed by atoms with Gasteiger partial charge in [-0.3, -0.25) is 9.89 Å². The average molecular weight is 414 g/mol. The summed E-state index contributed by atoms with van der Waals surface area (Å²) in [6, 6.07) is 5.03. The largest absolute Gasteiger partial charge is 0.493 e. The number of ether oxygens (including phenoxy) is 3. The zero-order chi connectivity index (χ0) is 21.3. The first-order chi connectivity index (χ1) is 13.9. The van der Waals surface area contributed by atoms with Gasteiger partial charge in [0.15, 0.2) is 17.5 Å². The lowest BCUT2D eigenvalue weighted by molar-refractivity contribution is -0.0512. The highest BCUT2D eigenvalue weighted by molar-refractivity contribution is 5.79. The third-order valence-corrected chi connectivity index (χ3v) is 4.93. The van der Waals surface area contributed by atoms with Crippen molar-refractivity contribution in [2.45, 2.75) is 32.4 Å². The maximum atomic E-state index is 12.6. The standard InChI is InChI=1S/C20H32F2N4O3/c1-20(2,26-9-11-28-12-10-26)14-25-19(23-3)24-8-7-15-5-6-16(27-4)17(13-15)29-18(21)22/h5-6,13,18H,7-12,14H2,1-4H3,(H2,23,24,25). The minimum atomic E-state index is -2.89. The van der Waals surface area contributed by atoms with Gasteiger partial charge in [0.1, 0.15) is 0 Å². The van der Waals surface area contributed by atoms with Gasteiger partial charge in [0, 0.05) is 38.8 Å². The Morgan fingerprint density at radius 2 is 1.97 bits per heavy atom. The molecule has 0 bridgehead atoms. The van der Waals surface area contributed by atoms with Crippen molar-refractivity contribution in [2.75, 3.05) is 53.6 Å². The molecule has 1 fully saturated rings. The summed E-state index contributed by atoms with van der Waals surface area (Å²) in [7, 11) is 3.14. The highest BCUT2D eigenvalue weighted by Gasteiger charge is 2.28. The molecule has 0 radical (unpaired) electrons. The number of nitrogens with one attached hydrogen (secondary N) is 2. The van der Waals surface area contributed by atoms with E-state index in [1.165, 1.54) is 7.11 Å². The van der Waals surface area contributed by atoms with Gasteiger partial charge < -0.3 is 24.8 Å². The van der Waals surface area contributed by atoms with Gasteiger partial charge in [0.05, 0.1) is 20.3 Å². The van der Waals surface area contributed by atoms with Crippen molar-refractivity contribution in [3.8, 4) is 11.5 Å². The Kier molecular flexibility index (Phi) is 8.91. The van der Waals surface area contributed by atoms with E-state index in [2.05, 4.69) is 39.1 Å². The van der Waals surface area contributed by atoms with Crippen LogP contribution in [-0.2, 0) is 11.2 Å². The summed E-state index contributed by atoms with van der Waals surface area (Å²) >= 11 is 0. The van der Waals surface area contributed by atoms with Crippen LogP contribution in [0.5, 0.6) is 11.5 Å². The molecule has 0 amide bonds. The van der Waals surface area contributed by atoms with Crippen LogP contribution in [0.1, 0.15) is 19.4 Å². The van der Waals surface area contributed by atoms with Crippen LogP contribution < -0.4 is 20.1 Å². The van der Waals surface area contributed by atoms with Gasteiger partial charge in [-0.1, -0.05) is 6.07 Å². The lowest BCUT2D eigenvalue weighted by atomic mass is 10.0. The summed E-state index contributed by atoms with van der Waals surface area (Å²) < 4.78 is 40.1. The quantitative estimate of drug-likeness (QED) is 0.477. The molecular weight excluding hydrogens is 382 g/mol. The fourth-order valence-electron chi connectivity index (χ4n) is 3.19. The number of benzene rings is 1. The van der Waals surface area contributed by atoms with Gasteiger partial charge in [-0.15, -0.1) is 0 Å². The molecule has 164 valence electrons. The number of guanidine groups is 1. The Bertz CT molecular complexity index is 665. The Balaban J connectivity index is 1.83. The molecule has 1 saturated heterocycles. The molecule has 0 saturated carbocycles. The van der Waals surface area contributed by atoms with Crippen LogP contribution >= 0.6 is 0 Å². The minimum absolute atomic E-state index is 0.0289. The van der Waals surface area contributed by atoms with Gasteiger partial charge in [-0.2, -0.15) is 8.78 Å². The molecule has 1 heterocycles. The summed E-state index contributed by atoms with van der Waals surface area (Å²) in [5.74, 6) is 1.02. The molecule has 7 nitrogen and oxygen atoms in total. The average Bonchev–Trinajstić information content (AvgIpc) is 2.71. The lowest BCUT2D eigenvalue weighted by Crippen LogP contribution is -2.56. The summed E-state index contributed by atoms with van der Waals surface area (Å²) in [6.07, 6.45) is 0.622. The molecule has 0 unspecified atom stereocenters. The van der Waals surface area contributed by atoms with E-state index in [1.54, 1.807) is 19.2 Å². The third kappa shape index (κ3) is 7.32. The van der Waals surface area contributed by atoms with E-state index in [0.717, 1.165) is 38.4 Å². The SMILES string of the molecule is CN=C(NCCc1ccc(OC)c(OC(F)F)c1)NCC(C)(C)N1CCOCC1. The zero-order valence-electron chi connectivity index (χ0n) is 17.6. The smallest absolute Gasteiger partial charge is 0.387 e. The fraction of sp³-hybridized carbons (Fsp3) is 0.650. The maximum Gasteiger partial charge on any atom is 0.387 e. The first-order valence-electron chi connectivity index (χ1n) is 9.75. The molecule has 0 aromatic heterocycles. The predicted molar refractivity (Wildman–Crippen MR) is 109 cm³/mol. The normalized spacial score (nSPS) is 16.0. The number of hydrogen-bond acceptors (Lipinski definition) is 5. The van der Waals surface area contributed by atoms with Crippen LogP contribution in [-0.4, -0.2) is 76.6 Å². The highest BCUT2D eigenvalue weighted by atomic mass is 19.3. The molecule has 0 aliphatic carbocycles. The first-order valence-corrected chi connectivity index (χ1v) is 9.75.